The Morgan fingerprint density at radius 3 is 1.52 bits per heavy atom. The van der Waals surface area contributed by atoms with Crippen LogP contribution in [0.4, 0.5) is 0 Å². The Morgan fingerprint density at radius 1 is 0.667 bits per heavy atom. The van der Waals surface area contributed by atoms with Crippen molar-refractivity contribution in [1.82, 2.24) is 0 Å². The molecule has 1 aromatic rings. The average Bonchev–Trinajstić information content (AvgIpc) is 2.68. The van der Waals surface area contributed by atoms with Gasteiger partial charge in [0, 0.05) is 5.56 Å². The van der Waals surface area contributed by atoms with Gasteiger partial charge in [-0.1, -0.05) is 126 Å². The van der Waals surface area contributed by atoms with Gasteiger partial charge in [-0.2, -0.15) is 0 Å². The predicted molar refractivity (Wildman–Crippen MR) is 122 cm³/mol. The van der Waals surface area contributed by atoms with Gasteiger partial charge in [-0.05, 0) is 12.8 Å². The van der Waals surface area contributed by atoms with Gasteiger partial charge in [0.2, 0.25) is 0 Å². The van der Waals surface area contributed by atoms with Gasteiger partial charge in [0.1, 0.15) is 0 Å². The molecule has 1 nitrogen and oxygen atoms in total. The molecule has 1 unspecified atom stereocenters. The molecule has 2 heteroatoms. The van der Waals surface area contributed by atoms with E-state index in [0.717, 1.165) is 11.0 Å². The predicted octanol–water partition coefficient (Wildman–Crippen LogP) is 8.48. The van der Waals surface area contributed by atoms with Crippen LogP contribution in [-0.2, 0) is 0 Å². The van der Waals surface area contributed by atoms with Gasteiger partial charge in [0.05, 0.1) is 20.6 Å². The van der Waals surface area contributed by atoms with Crippen molar-refractivity contribution in [3.05, 3.63) is 35.9 Å². The number of halogens is 1. The van der Waals surface area contributed by atoms with Crippen LogP contribution in [0.2, 0.25) is 0 Å². The summed E-state index contributed by atoms with van der Waals surface area (Å²) in [5.74, 6) is 0. The number of benzene rings is 1. The largest absolute Gasteiger partial charge is 0.310 e. The van der Waals surface area contributed by atoms with E-state index in [1.807, 2.05) is 0 Å². The van der Waals surface area contributed by atoms with Crippen LogP contribution in [0.15, 0.2) is 30.3 Å². The normalized spacial score (nSPS) is 13.0. The first-order valence-electron chi connectivity index (χ1n) is 11.6. The van der Waals surface area contributed by atoms with E-state index in [-0.39, 0.29) is 5.50 Å². The fourth-order valence-electron chi connectivity index (χ4n) is 3.84. The molecule has 0 aliphatic heterocycles. The Labute approximate surface area is 175 Å². The molecule has 0 radical (unpaired) electrons. The van der Waals surface area contributed by atoms with Crippen LogP contribution in [0.5, 0.6) is 0 Å². The zero-order valence-corrected chi connectivity index (χ0v) is 19.2. The molecule has 0 heterocycles. The van der Waals surface area contributed by atoms with Crippen molar-refractivity contribution in [3.63, 3.8) is 0 Å². The van der Waals surface area contributed by atoms with Gasteiger partial charge >= 0.3 is 0 Å². The Hall–Kier alpha value is -0.530. The van der Waals surface area contributed by atoms with E-state index >= 15 is 0 Å². The van der Waals surface area contributed by atoms with Crippen LogP contribution < -0.4 is 0 Å². The molecule has 1 atom stereocenters. The van der Waals surface area contributed by atoms with Crippen molar-refractivity contribution in [3.8, 4) is 0 Å². The van der Waals surface area contributed by atoms with E-state index in [1.165, 1.54) is 95.5 Å². The summed E-state index contributed by atoms with van der Waals surface area (Å²) in [5, 5.41) is 0. The molecule has 0 aliphatic carbocycles. The highest BCUT2D eigenvalue weighted by Crippen LogP contribution is 2.29. The van der Waals surface area contributed by atoms with E-state index in [4.69, 9.17) is 11.6 Å². The Bertz CT molecular complexity index is 443. The van der Waals surface area contributed by atoms with Gasteiger partial charge in [-0.15, -0.1) is 0 Å². The third-order valence-electron chi connectivity index (χ3n) is 5.78. The summed E-state index contributed by atoms with van der Waals surface area (Å²) < 4.78 is 0.865. The second kappa shape index (κ2) is 15.4. The number of rotatable bonds is 17. The van der Waals surface area contributed by atoms with Crippen LogP contribution in [0.25, 0.3) is 0 Å². The first-order chi connectivity index (χ1) is 13.1. The number of hydrogen-bond donors (Lipinski definition) is 0. The zero-order valence-electron chi connectivity index (χ0n) is 18.4. The summed E-state index contributed by atoms with van der Waals surface area (Å²) in [6.45, 7) is 3.44. The van der Waals surface area contributed by atoms with Gasteiger partial charge in [-0.25, -0.2) is 0 Å². The van der Waals surface area contributed by atoms with Crippen LogP contribution in [0.1, 0.15) is 108 Å². The monoisotopic (exact) mass is 394 g/mol. The summed E-state index contributed by atoms with van der Waals surface area (Å²) >= 11 is 6.73. The number of quaternary nitrogens is 1. The molecule has 0 amide bonds. The van der Waals surface area contributed by atoms with E-state index in [1.54, 1.807) is 0 Å². The summed E-state index contributed by atoms with van der Waals surface area (Å²) in [7, 11) is 4.51. The van der Waals surface area contributed by atoms with Crippen LogP contribution in [0, 0.1) is 0 Å². The second-order valence-corrected chi connectivity index (χ2v) is 9.26. The van der Waals surface area contributed by atoms with E-state index < -0.39 is 0 Å². The van der Waals surface area contributed by atoms with Crippen LogP contribution in [-0.4, -0.2) is 25.1 Å². The highest BCUT2D eigenvalue weighted by molar-refractivity contribution is 6.19. The molecule has 0 N–H and O–H groups in total. The lowest BCUT2D eigenvalue weighted by Crippen LogP contribution is -2.41. The van der Waals surface area contributed by atoms with Crippen LogP contribution in [0.3, 0.4) is 0 Å². The standard InChI is InChI=1S/C25H45ClN/c1-4-5-6-7-8-9-10-11-12-13-14-15-16-20-23-27(2,3)25(26)24-21-18-17-19-22-24/h17-19,21-22,25H,4-16,20,23H2,1-3H3/q+1. The Kier molecular flexibility index (Phi) is 14.0. The molecule has 156 valence electrons. The minimum Gasteiger partial charge on any atom is -0.310 e. The number of unbranched alkanes of at least 4 members (excludes halogenated alkanes) is 13. The van der Waals surface area contributed by atoms with Crippen LogP contribution >= 0.6 is 11.6 Å². The zero-order chi connectivity index (χ0) is 19.8. The molecule has 0 bridgehead atoms. The van der Waals surface area contributed by atoms with Crippen molar-refractivity contribution >= 4 is 11.6 Å². The lowest BCUT2D eigenvalue weighted by atomic mass is 10.0. The van der Waals surface area contributed by atoms with Gasteiger partial charge in [0.15, 0.2) is 5.50 Å². The minimum atomic E-state index is 0.0492. The SMILES string of the molecule is CCCCCCCCCCCCCCCC[N+](C)(C)C(Cl)c1ccccc1. The average molecular weight is 395 g/mol. The first-order valence-corrected chi connectivity index (χ1v) is 12.0. The summed E-state index contributed by atoms with van der Waals surface area (Å²) in [4.78, 5) is 0. The highest BCUT2D eigenvalue weighted by atomic mass is 35.5. The van der Waals surface area contributed by atoms with Crippen molar-refractivity contribution < 1.29 is 4.48 Å². The van der Waals surface area contributed by atoms with Gasteiger partial charge < -0.3 is 4.48 Å². The van der Waals surface area contributed by atoms with Crippen molar-refractivity contribution in [2.24, 2.45) is 0 Å². The molecule has 0 saturated carbocycles. The summed E-state index contributed by atoms with van der Waals surface area (Å²) in [6.07, 6.45) is 19.8. The topological polar surface area (TPSA) is 0 Å². The molecule has 0 aliphatic rings. The fraction of sp³-hybridized carbons (Fsp3) is 0.760. The third-order valence-corrected chi connectivity index (χ3v) is 6.56. The Balaban J connectivity index is 1.95. The fourth-order valence-corrected chi connectivity index (χ4v) is 4.09. The second-order valence-electron chi connectivity index (χ2n) is 8.84. The number of hydrogen-bond acceptors (Lipinski definition) is 0. The molecule has 0 aromatic heterocycles. The van der Waals surface area contributed by atoms with Gasteiger partial charge in [0.25, 0.3) is 0 Å². The third kappa shape index (κ3) is 11.8. The molecule has 0 spiro atoms. The minimum absolute atomic E-state index is 0.0492. The Morgan fingerprint density at radius 2 is 1.07 bits per heavy atom. The van der Waals surface area contributed by atoms with E-state index in [0.29, 0.717) is 0 Å². The molecular formula is C25H45ClN+. The number of alkyl halides is 1. The maximum atomic E-state index is 6.73. The van der Waals surface area contributed by atoms with E-state index in [2.05, 4.69) is 51.4 Å². The molecule has 0 saturated heterocycles. The van der Waals surface area contributed by atoms with Crippen molar-refractivity contribution in [2.45, 2.75) is 102 Å². The molecular weight excluding hydrogens is 350 g/mol. The smallest absolute Gasteiger partial charge is 0.190 e. The summed E-state index contributed by atoms with van der Waals surface area (Å²) in [6, 6.07) is 10.5. The number of nitrogens with zero attached hydrogens (tertiary/aromatic N) is 1. The van der Waals surface area contributed by atoms with E-state index in [9.17, 15) is 0 Å². The van der Waals surface area contributed by atoms with Gasteiger partial charge in [-0.3, -0.25) is 0 Å². The van der Waals surface area contributed by atoms with Crippen molar-refractivity contribution in [1.29, 1.82) is 0 Å². The lowest BCUT2D eigenvalue weighted by Gasteiger charge is -2.34. The highest BCUT2D eigenvalue weighted by Gasteiger charge is 2.26. The maximum Gasteiger partial charge on any atom is 0.190 e. The lowest BCUT2D eigenvalue weighted by molar-refractivity contribution is -0.907. The first kappa shape index (κ1) is 24.5. The molecule has 1 rings (SSSR count). The molecule has 1 aromatic carbocycles. The molecule has 0 fully saturated rings. The maximum absolute atomic E-state index is 6.73. The van der Waals surface area contributed by atoms with Crippen molar-refractivity contribution in [2.75, 3.05) is 20.6 Å². The quantitative estimate of drug-likeness (QED) is 0.107. The summed E-state index contributed by atoms with van der Waals surface area (Å²) in [5.41, 5.74) is 1.28. The molecule has 27 heavy (non-hydrogen) atoms.